The maximum atomic E-state index is 12.6. The molecule has 0 bridgehead atoms. The number of likely N-dealkylation sites (tertiary alicyclic amines) is 1. The first-order valence-corrected chi connectivity index (χ1v) is 9.60. The van der Waals surface area contributed by atoms with Crippen LogP contribution in [-0.2, 0) is 4.79 Å². The molecule has 6 nitrogen and oxygen atoms in total. The number of amides is 1. The number of aromatic nitrogens is 4. The highest BCUT2D eigenvalue weighted by molar-refractivity contribution is 6.33. The van der Waals surface area contributed by atoms with Crippen molar-refractivity contribution in [1.82, 2.24) is 24.8 Å². The van der Waals surface area contributed by atoms with E-state index in [0.717, 1.165) is 41.9 Å². The zero-order chi connectivity index (χ0) is 19.3. The number of piperidine rings is 1. The standard InChI is InChI=1S/C21H20ClN5O/c22-19-6-2-1-5-17(19)18-11-24-14-26-21(18)15-4-3-9-27(12-15)20(28)8-7-16-10-23-13-25-16/h1-2,5-8,10-11,13-15H,3-4,9,12H2,(H,23,25). The highest BCUT2D eigenvalue weighted by atomic mass is 35.5. The van der Waals surface area contributed by atoms with Crippen molar-refractivity contribution in [3.8, 4) is 11.1 Å². The molecule has 1 amide bonds. The van der Waals surface area contributed by atoms with Gasteiger partial charge in [-0.15, -0.1) is 0 Å². The van der Waals surface area contributed by atoms with Crippen LogP contribution in [0.15, 0.2) is 55.4 Å². The van der Waals surface area contributed by atoms with E-state index in [9.17, 15) is 4.79 Å². The van der Waals surface area contributed by atoms with Gasteiger partial charge in [-0.2, -0.15) is 0 Å². The van der Waals surface area contributed by atoms with Gasteiger partial charge in [0.2, 0.25) is 5.91 Å². The van der Waals surface area contributed by atoms with Crippen molar-refractivity contribution < 1.29 is 4.79 Å². The predicted molar refractivity (Wildman–Crippen MR) is 109 cm³/mol. The van der Waals surface area contributed by atoms with Gasteiger partial charge in [0.05, 0.1) is 23.9 Å². The summed E-state index contributed by atoms with van der Waals surface area (Å²) in [5.74, 6) is 0.139. The smallest absolute Gasteiger partial charge is 0.246 e. The molecule has 1 unspecified atom stereocenters. The van der Waals surface area contributed by atoms with E-state index in [2.05, 4.69) is 19.9 Å². The Balaban J connectivity index is 1.56. The summed E-state index contributed by atoms with van der Waals surface area (Å²) < 4.78 is 0. The van der Waals surface area contributed by atoms with Gasteiger partial charge >= 0.3 is 0 Å². The van der Waals surface area contributed by atoms with Crippen LogP contribution in [0.4, 0.5) is 0 Å². The minimum atomic E-state index is -0.00681. The first-order chi connectivity index (χ1) is 13.7. The number of nitrogens with one attached hydrogen (secondary N) is 1. The first kappa shape index (κ1) is 18.4. The first-order valence-electron chi connectivity index (χ1n) is 9.22. The highest BCUT2D eigenvalue weighted by Gasteiger charge is 2.27. The summed E-state index contributed by atoms with van der Waals surface area (Å²) in [4.78, 5) is 30.2. The van der Waals surface area contributed by atoms with Crippen molar-refractivity contribution in [1.29, 1.82) is 0 Å². The number of hydrogen-bond donors (Lipinski definition) is 1. The molecule has 1 fully saturated rings. The lowest BCUT2D eigenvalue weighted by atomic mass is 9.90. The van der Waals surface area contributed by atoms with Crippen molar-refractivity contribution in [2.45, 2.75) is 18.8 Å². The third kappa shape index (κ3) is 3.97. The molecule has 4 rings (SSSR count). The molecule has 0 spiro atoms. The maximum absolute atomic E-state index is 12.6. The molecule has 1 N–H and O–H groups in total. The Morgan fingerprint density at radius 2 is 2.11 bits per heavy atom. The van der Waals surface area contributed by atoms with E-state index in [1.165, 1.54) is 0 Å². The lowest BCUT2D eigenvalue weighted by Gasteiger charge is -2.32. The second-order valence-corrected chi connectivity index (χ2v) is 7.17. The topological polar surface area (TPSA) is 74.8 Å². The molecule has 1 aliphatic rings. The molecule has 0 aliphatic carbocycles. The zero-order valence-corrected chi connectivity index (χ0v) is 16.0. The molecule has 1 aromatic carbocycles. The second kappa shape index (κ2) is 8.35. The van der Waals surface area contributed by atoms with Crippen molar-refractivity contribution in [3.63, 3.8) is 0 Å². The molecular formula is C21H20ClN5O. The van der Waals surface area contributed by atoms with Crippen LogP contribution < -0.4 is 0 Å². The van der Waals surface area contributed by atoms with E-state index in [0.29, 0.717) is 11.6 Å². The van der Waals surface area contributed by atoms with Gasteiger partial charge in [-0.05, 0) is 25.0 Å². The maximum Gasteiger partial charge on any atom is 0.246 e. The van der Waals surface area contributed by atoms with E-state index in [4.69, 9.17) is 11.6 Å². The number of rotatable bonds is 4. The van der Waals surface area contributed by atoms with Gasteiger partial charge in [-0.3, -0.25) is 4.79 Å². The molecule has 142 valence electrons. The fourth-order valence-electron chi connectivity index (χ4n) is 3.58. The summed E-state index contributed by atoms with van der Waals surface area (Å²) in [7, 11) is 0. The monoisotopic (exact) mass is 393 g/mol. The van der Waals surface area contributed by atoms with Gasteiger partial charge < -0.3 is 9.88 Å². The van der Waals surface area contributed by atoms with Crippen LogP contribution in [-0.4, -0.2) is 43.8 Å². The van der Waals surface area contributed by atoms with Gasteiger partial charge in [0, 0.05) is 47.4 Å². The van der Waals surface area contributed by atoms with E-state index >= 15 is 0 Å². The Labute approximate surface area is 168 Å². The van der Waals surface area contributed by atoms with Crippen LogP contribution in [0.2, 0.25) is 5.02 Å². The quantitative estimate of drug-likeness (QED) is 0.681. The minimum Gasteiger partial charge on any atom is -0.345 e. The number of benzene rings is 1. The average Bonchev–Trinajstić information content (AvgIpc) is 3.26. The largest absolute Gasteiger partial charge is 0.345 e. The highest BCUT2D eigenvalue weighted by Crippen LogP contribution is 2.35. The molecule has 7 heteroatoms. The van der Waals surface area contributed by atoms with E-state index in [-0.39, 0.29) is 11.8 Å². The number of aromatic amines is 1. The molecule has 3 aromatic rings. The third-order valence-corrected chi connectivity index (χ3v) is 5.28. The molecular weight excluding hydrogens is 374 g/mol. The van der Waals surface area contributed by atoms with E-state index in [1.54, 1.807) is 31.0 Å². The SMILES string of the molecule is O=C(C=Cc1cnc[nH]1)N1CCCC(c2ncncc2-c2ccccc2Cl)C1. The fourth-order valence-corrected chi connectivity index (χ4v) is 3.81. The number of H-pyrrole nitrogens is 1. The number of nitrogens with zero attached hydrogens (tertiary/aromatic N) is 4. The molecule has 28 heavy (non-hydrogen) atoms. The summed E-state index contributed by atoms with van der Waals surface area (Å²) in [6.07, 6.45) is 11.9. The predicted octanol–water partition coefficient (Wildman–Crippen LogP) is 3.94. The lowest BCUT2D eigenvalue weighted by Crippen LogP contribution is -2.38. The number of imidazole rings is 1. The van der Waals surface area contributed by atoms with Crippen molar-refractivity contribution in [2.24, 2.45) is 0 Å². The number of carbonyl (C=O) groups excluding carboxylic acids is 1. The Hall–Kier alpha value is -2.99. The molecule has 1 saturated heterocycles. The second-order valence-electron chi connectivity index (χ2n) is 6.77. The fraction of sp³-hybridized carbons (Fsp3) is 0.238. The summed E-state index contributed by atoms with van der Waals surface area (Å²) in [6, 6.07) is 7.70. The van der Waals surface area contributed by atoms with Gasteiger partial charge in [0.25, 0.3) is 0 Å². The molecule has 0 saturated carbocycles. The zero-order valence-electron chi connectivity index (χ0n) is 15.3. The van der Waals surface area contributed by atoms with Crippen molar-refractivity contribution >= 4 is 23.6 Å². The van der Waals surface area contributed by atoms with E-state index in [1.807, 2.05) is 35.4 Å². The van der Waals surface area contributed by atoms with Crippen LogP contribution in [0.25, 0.3) is 17.2 Å². The number of halogens is 1. The molecule has 1 atom stereocenters. The van der Waals surface area contributed by atoms with Crippen LogP contribution in [0, 0.1) is 0 Å². The van der Waals surface area contributed by atoms with Crippen LogP contribution in [0.1, 0.15) is 30.1 Å². The Morgan fingerprint density at radius 1 is 1.21 bits per heavy atom. The van der Waals surface area contributed by atoms with Crippen LogP contribution in [0.5, 0.6) is 0 Å². The van der Waals surface area contributed by atoms with Crippen LogP contribution in [0.3, 0.4) is 0 Å². The molecule has 3 heterocycles. The van der Waals surface area contributed by atoms with Gasteiger partial charge in [-0.1, -0.05) is 29.8 Å². The Bertz CT molecular complexity index is 986. The summed E-state index contributed by atoms with van der Waals surface area (Å²) in [5, 5.41) is 0.671. The minimum absolute atomic E-state index is 0.00681. The van der Waals surface area contributed by atoms with Crippen molar-refractivity contribution in [3.05, 3.63) is 71.8 Å². The number of carbonyl (C=O) groups is 1. The van der Waals surface area contributed by atoms with E-state index < -0.39 is 0 Å². The average molecular weight is 394 g/mol. The summed E-state index contributed by atoms with van der Waals surface area (Å²) in [5.41, 5.74) is 3.60. The van der Waals surface area contributed by atoms with Crippen molar-refractivity contribution in [2.75, 3.05) is 13.1 Å². The lowest BCUT2D eigenvalue weighted by molar-refractivity contribution is -0.127. The third-order valence-electron chi connectivity index (χ3n) is 4.95. The summed E-state index contributed by atoms with van der Waals surface area (Å²) >= 11 is 6.40. The van der Waals surface area contributed by atoms with Crippen LogP contribution >= 0.6 is 11.6 Å². The van der Waals surface area contributed by atoms with Gasteiger partial charge in [-0.25, -0.2) is 15.0 Å². The molecule has 2 aromatic heterocycles. The molecule has 0 radical (unpaired) electrons. The number of hydrogen-bond acceptors (Lipinski definition) is 4. The molecule has 1 aliphatic heterocycles. The van der Waals surface area contributed by atoms with Gasteiger partial charge in [0.1, 0.15) is 6.33 Å². The van der Waals surface area contributed by atoms with Gasteiger partial charge in [0.15, 0.2) is 0 Å². The normalized spacial score (nSPS) is 17.2. The summed E-state index contributed by atoms with van der Waals surface area (Å²) in [6.45, 7) is 1.37. The Kier molecular flexibility index (Phi) is 5.48. The Morgan fingerprint density at radius 3 is 2.93 bits per heavy atom.